The number of hydrogen-bond acceptors (Lipinski definition) is 4. The normalized spacial score (nSPS) is 10.1. The highest BCUT2D eigenvalue weighted by Crippen LogP contribution is 2.28. The van der Waals surface area contributed by atoms with Gasteiger partial charge >= 0.3 is 5.69 Å². The summed E-state index contributed by atoms with van der Waals surface area (Å²) >= 11 is 0. The average Bonchev–Trinajstić information content (AvgIpc) is 2.81. The van der Waals surface area contributed by atoms with Gasteiger partial charge in [0.15, 0.2) is 5.75 Å². The van der Waals surface area contributed by atoms with E-state index in [0.29, 0.717) is 0 Å². The molecule has 6 heteroatoms. The highest BCUT2D eigenvalue weighted by molar-refractivity contribution is 5.53. The van der Waals surface area contributed by atoms with Crippen LogP contribution in [0.5, 0.6) is 5.75 Å². The lowest BCUT2D eigenvalue weighted by Crippen LogP contribution is -1.96. The first-order valence-electron chi connectivity index (χ1n) is 4.53. The van der Waals surface area contributed by atoms with Crippen LogP contribution in [0, 0.1) is 10.1 Å². The molecular weight excluding hydrogens is 210 g/mol. The fourth-order valence-electron chi connectivity index (χ4n) is 1.39. The summed E-state index contributed by atoms with van der Waals surface area (Å²) in [7, 11) is 1.40. The molecule has 1 heterocycles. The number of nitro groups is 1. The summed E-state index contributed by atoms with van der Waals surface area (Å²) in [5.74, 6) is 0.233. The molecule has 16 heavy (non-hydrogen) atoms. The molecule has 0 spiro atoms. The highest BCUT2D eigenvalue weighted by atomic mass is 16.6. The molecule has 0 aliphatic rings. The molecule has 0 aliphatic heterocycles. The minimum absolute atomic E-state index is 0.0497. The molecule has 0 bridgehead atoms. The molecule has 0 saturated carbocycles. The van der Waals surface area contributed by atoms with Crippen molar-refractivity contribution in [1.82, 2.24) is 9.55 Å². The van der Waals surface area contributed by atoms with E-state index in [2.05, 4.69) is 4.98 Å². The zero-order valence-corrected chi connectivity index (χ0v) is 8.53. The molecule has 82 valence electrons. The van der Waals surface area contributed by atoms with Gasteiger partial charge in [0.2, 0.25) is 0 Å². The molecule has 0 atom stereocenters. The van der Waals surface area contributed by atoms with E-state index < -0.39 is 4.92 Å². The lowest BCUT2D eigenvalue weighted by molar-refractivity contribution is -0.385. The zero-order chi connectivity index (χ0) is 11.5. The fraction of sp³-hybridized carbons (Fsp3) is 0.100. The number of ether oxygens (including phenoxy) is 1. The van der Waals surface area contributed by atoms with Gasteiger partial charge in [-0.3, -0.25) is 10.1 Å². The number of aromatic nitrogens is 2. The minimum Gasteiger partial charge on any atom is -0.490 e. The average molecular weight is 219 g/mol. The van der Waals surface area contributed by atoms with Crippen LogP contribution in [-0.2, 0) is 0 Å². The summed E-state index contributed by atoms with van der Waals surface area (Å²) in [6.45, 7) is 0. The Morgan fingerprint density at radius 3 is 2.88 bits per heavy atom. The predicted octanol–water partition coefficient (Wildman–Crippen LogP) is 1.79. The van der Waals surface area contributed by atoms with Crippen LogP contribution in [0.3, 0.4) is 0 Å². The number of nitrogens with zero attached hydrogens (tertiary/aromatic N) is 3. The van der Waals surface area contributed by atoms with Gasteiger partial charge in [-0.15, -0.1) is 0 Å². The van der Waals surface area contributed by atoms with E-state index in [1.54, 1.807) is 35.4 Å². The number of rotatable bonds is 3. The van der Waals surface area contributed by atoms with Crippen LogP contribution in [0.25, 0.3) is 5.69 Å². The number of hydrogen-bond donors (Lipinski definition) is 0. The van der Waals surface area contributed by atoms with Crippen molar-refractivity contribution >= 4 is 5.69 Å². The van der Waals surface area contributed by atoms with Gasteiger partial charge in [0, 0.05) is 24.5 Å². The van der Waals surface area contributed by atoms with Crippen molar-refractivity contribution in [1.29, 1.82) is 0 Å². The van der Waals surface area contributed by atoms with E-state index in [-0.39, 0.29) is 11.4 Å². The Hall–Kier alpha value is -2.37. The first kappa shape index (κ1) is 10.2. The van der Waals surface area contributed by atoms with Gasteiger partial charge in [-0.2, -0.15) is 0 Å². The Kier molecular flexibility index (Phi) is 2.55. The molecule has 0 unspecified atom stereocenters. The Morgan fingerprint density at radius 2 is 2.31 bits per heavy atom. The Morgan fingerprint density at radius 1 is 1.50 bits per heavy atom. The summed E-state index contributed by atoms with van der Waals surface area (Å²) < 4.78 is 6.71. The third kappa shape index (κ3) is 1.72. The molecule has 2 rings (SSSR count). The maximum Gasteiger partial charge on any atom is 0.311 e. The molecule has 0 amide bonds. The molecule has 0 aliphatic carbocycles. The summed E-state index contributed by atoms with van der Waals surface area (Å²) in [6, 6.07) is 4.65. The highest BCUT2D eigenvalue weighted by Gasteiger charge is 2.14. The monoisotopic (exact) mass is 219 g/mol. The maximum absolute atomic E-state index is 10.7. The van der Waals surface area contributed by atoms with Crippen molar-refractivity contribution < 1.29 is 9.66 Å². The Bertz CT molecular complexity index is 508. The molecular formula is C10H9N3O3. The zero-order valence-electron chi connectivity index (χ0n) is 8.53. The number of benzene rings is 1. The smallest absolute Gasteiger partial charge is 0.311 e. The van der Waals surface area contributed by atoms with Gasteiger partial charge in [-0.1, -0.05) is 0 Å². The standard InChI is InChI=1S/C10H9N3O3/c1-16-10-6-8(12-5-4-11-7-12)2-3-9(10)13(14)15/h2-7H,1H3. The van der Waals surface area contributed by atoms with E-state index >= 15 is 0 Å². The van der Waals surface area contributed by atoms with Crippen LogP contribution in [0.1, 0.15) is 0 Å². The topological polar surface area (TPSA) is 70.2 Å². The first-order valence-corrected chi connectivity index (χ1v) is 4.53. The fourth-order valence-corrected chi connectivity index (χ4v) is 1.39. The van der Waals surface area contributed by atoms with Crippen LogP contribution in [-0.4, -0.2) is 21.6 Å². The summed E-state index contributed by atoms with van der Waals surface area (Å²) in [5.41, 5.74) is 0.714. The number of imidazole rings is 1. The third-order valence-corrected chi connectivity index (χ3v) is 2.16. The van der Waals surface area contributed by atoms with Gasteiger partial charge in [0.25, 0.3) is 0 Å². The van der Waals surface area contributed by atoms with Crippen LogP contribution in [0.4, 0.5) is 5.69 Å². The summed E-state index contributed by atoms with van der Waals surface area (Å²) in [6.07, 6.45) is 5.00. The molecule has 0 fully saturated rings. The summed E-state index contributed by atoms with van der Waals surface area (Å²) in [5, 5.41) is 10.7. The van der Waals surface area contributed by atoms with Crippen molar-refractivity contribution in [2.24, 2.45) is 0 Å². The van der Waals surface area contributed by atoms with Crippen LogP contribution in [0.15, 0.2) is 36.9 Å². The van der Waals surface area contributed by atoms with Crippen molar-refractivity contribution in [2.45, 2.75) is 0 Å². The molecule has 0 radical (unpaired) electrons. The van der Waals surface area contributed by atoms with E-state index in [0.717, 1.165) is 5.69 Å². The molecule has 0 saturated heterocycles. The SMILES string of the molecule is COc1cc(-n2ccnc2)ccc1[N+](=O)[O-]. The quantitative estimate of drug-likeness (QED) is 0.582. The molecule has 2 aromatic rings. The molecule has 6 nitrogen and oxygen atoms in total. The number of methoxy groups -OCH3 is 1. The number of nitro benzene ring substituents is 1. The van der Waals surface area contributed by atoms with Gasteiger partial charge in [0.05, 0.1) is 24.0 Å². The van der Waals surface area contributed by atoms with Crippen molar-refractivity contribution in [2.75, 3.05) is 7.11 Å². The second-order valence-electron chi connectivity index (χ2n) is 3.08. The van der Waals surface area contributed by atoms with Crippen molar-refractivity contribution in [3.8, 4) is 11.4 Å². The molecule has 0 N–H and O–H groups in total. The molecule has 1 aromatic carbocycles. The van der Waals surface area contributed by atoms with Gasteiger partial charge in [0.1, 0.15) is 0 Å². The Balaban J connectivity index is 2.49. The second kappa shape index (κ2) is 4.01. The lowest BCUT2D eigenvalue weighted by Gasteiger charge is -2.05. The Labute approximate surface area is 91.3 Å². The van der Waals surface area contributed by atoms with Gasteiger partial charge in [-0.25, -0.2) is 4.98 Å². The third-order valence-electron chi connectivity index (χ3n) is 2.16. The first-order chi connectivity index (χ1) is 7.72. The summed E-state index contributed by atoms with van der Waals surface area (Å²) in [4.78, 5) is 14.1. The maximum atomic E-state index is 10.7. The van der Waals surface area contributed by atoms with Crippen LogP contribution < -0.4 is 4.74 Å². The molecule has 1 aromatic heterocycles. The van der Waals surface area contributed by atoms with Crippen LogP contribution in [0.2, 0.25) is 0 Å². The predicted molar refractivity (Wildman–Crippen MR) is 56.8 cm³/mol. The van der Waals surface area contributed by atoms with E-state index in [4.69, 9.17) is 4.74 Å². The van der Waals surface area contributed by atoms with E-state index in [9.17, 15) is 10.1 Å². The van der Waals surface area contributed by atoms with Gasteiger partial charge < -0.3 is 9.30 Å². The van der Waals surface area contributed by atoms with Gasteiger partial charge in [-0.05, 0) is 6.07 Å². The van der Waals surface area contributed by atoms with E-state index in [1.165, 1.54) is 13.2 Å². The van der Waals surface area contributed by atoms with Crippen molar-refractivity contribution in [3.05, 3.63) is 47.0 Å². The largest absolute Gasteiger partial charge is 0.490 e. The van der Waals surface area contributed by atoms with Crippen LogP contribution >= 0.6 is 0 Å². The second-order valence-corrected chi connectivity index (χ2v) is 3.08. The van der Waals surface area contributed by atoms with E-state index in [1.807, 2.05) is 0 Å². The lowest BCUT2D eigenvalue weighted by atomic mass is 10.2. The van der Waals surface area contributed by atoms with Crippen molar-refractivity contribution in [3.63, 3.8) is 0 Å². The minimum atomic E-state index is -0.476.